The molecule has 1 fully saturated rings. The smallest absolute Gasteiger partial charge is 0.101 e. The Morgan fingerprint density at radius 1 is 1.38 bits per heavy atom. The third-order valence-corrected chi connectivity index (χ3v) is 4.66. The van der Waals surface area contributed by atoms with Gasteiger partial charge in [-0.2, -0.15) is 5.10 Å². The van der Waals surface area contributed by atoms with E-state index >= 15 is 0 Å². The van der Waals surface area contributed by atoms with Gasteiger partial charge in [-0.25, -0.2) is 0 Å². The maximum atomic E-state index is 5.96. The summed E-state index contributed by atoms with van der Waals surface area (Å²) in [5.41, 5.74) is 5.13. The van der Waals surface area contributed by atoms with E-state index in [9.17, 15) is 0 Å². The van der Waals surface area contributed by atoms with E-state index < -0.39 is 0 Å². The molecule has 1 aliphatic rings. The molecule has 0 radical (unpaired) electrons. The van der Waals surface area contributed by atoms with Crippen molar-refractivity contribution >= 4 is 0 Å². The number of ether oxygens (including phenoxy) is 2. The lowest BCUT2D eigenvalue weighted by atomic mass is 10.0. The normalized spacial score (nSPS) is 20.6. The molecular weight excluding hydrogens is 302 g/mol. The molecule has 3 rings (SSSR count). The maximum absolute atomic E-state index is 5.96. The average molecular weight is 329 g/mol. The number of aryl methyl sites for hydroxylation is 2. The summed E-state index contributed by atoms with van der Waals surface area (Å²) in [5.74, 6) is 0. The Bertz CT molecular complexity index is 668. The first-order valence-corrected chi connectivity index (χ1v) is 8.60. The monoisotopic (exact) mass is 329 g/mol. The fourth-order valence-electron chi connectivity index (χ4n) is 3.19. The van der Waals surface area contributed by atoms with E-state index in [1.54, 1.807) is 7.11 Å². The van der Waals surface area contributed by atoms with Crippen molar-refractivity contribution in [2.75, 3.05) is 20.3 Å². The molecule has 5 nitrogen and oxygen atoms in total. The summed E-state index contributed by atoms with van der Waals surface area (Å²) in [7, 11) is 1.71. The first kappa shape index (κ1) is 17.1. The quantitative estimate of drug-likeness (QED) is 0.848. The van der Waals surface area contributed by atoms with Gasteiger partial charge in [0.15, 0.2) is 0 Å². The van der Waals surface area contributed by atoms with Gasteiger partial charge in [0.2, 0.25) is 0 Å². The highest BCUT2D eigenvalue weighted by molar-refractivity contribution is 5.30. The Morgan fingerprint density at radius 2 is 2.25 bits per heavy atom. The Morgan fingerprint density at radius 3 is 3.08 bits per heavy atom. The molecule has 5 heteroatoms. The molecule has 1 N–H and O–H groups in total. The van der Waals surface area contributed by atoms with E-state index in [4.69, 9.17) is 9.47 Å². The number of nitrogens with zero attached hydrogens (tertiary/aromatic N) is 2. The number of methoxy groups -OCH3 is 1. The Kier molecular flexibility index (Phi) is 5.66. The first-order chi connectivity index (χ1) is 11.7. The first-order valence-electron chi connectivity index (χ1n) is 8.60. The number of nitrogens with one attached hydrogen (secondary N) is 1. The molecule has 1 aromatic heterocycles. The molecule has 1 saturated heterocycles. The summed E-state index contributed by atoms with van der Waals surface area (Å²) in [4.78, 5) is 0. The SMILES string of the molecule is COCCn1cc([C@H]2OCC[C@@H]2NCc2cc(C)ccc2C)cn1. The molecule has 0 aliphatic carbocycles. The van der Waals surface area contributed by atoms with E-state index in [1.165, 1.54) is 16.7 Å². The van der Waals surface area contributed by atoms with E-state index in [-0.39, 0.29) is 6.10 Å². The number of benzene rings is 1. The second-order valence-corrected chi connectivity index (χ2v) is 6.53. The van der Waals surface area contributed by atoms with Gasteiger partial charge in [0.25, 0.3) is 0 Å². The second-order valence-electron chi connectivity index (χ2n) is 6.53. The van der Waals surface area contributed by atoms with Gasteiger partial charge >= 0.3 is 0 Å². The highest BCUT2D eigenvalue weighted by atomic mass is 16.5. The van der Waals surface area contributed by atoms with Gasteiger partial charge in [-0.15, -0.1) is 0 Å². The predicted molar refractivity (Wildman–Crippen MR) is 94.0 cm³/mol. The van der Waals surface area contributed by atoms with Gasteiger partial charge < -0.3 is 14.8 Å². The van der Waals surface area contributed by atoms with Crippen molar-refractivity contribution < 1.29 is 9.47 Å². The molecule has 130 valence electrons. The zero-order chi connectivity index (χ0) is 16.9. The zero-order valence-electron chi connectivity index (χ0n) is 14.8. The zero-order valence-corrected chi connectivity index (χ0v) is 14.8. The summed E-state index contributed by atoms with van der Waals surface area (Å²) < 4.78 is 13.0. The van der Waals surface area contributed by atoms with Crippen molar-refractivity contribution in [3.05, 3.63) is 52.8 Å². The summed E-state index contributed by atoms with van der Waals surface area (Å²) in [6.45, 7) is 7.40. The van der Waals surface area contributed by atoms with Gasteiger partial charge in [0, 0.05) is 38.1 Å². The summed E-state index contributed by atoms with van der Waals surface area (Å²) in [5, 5.41) is 8.09. The van der Waals surface area contributed by atoms with Crippen LogP contribution in [0.15, 0.2) is 30.6 Å². The highest BCUT2D eigenvalue weighted by Gasteiger charge is 2.30. The van der Waals surface area contributed by atoms with Crippen LogP contribution in [0.25, 0.3) is 0 Å². The van der Waals surface area contributed by atoms with E-state index in [0.717, 1.165) is 31.7 Å². The van der Waals surface area contributed by atoms with Crippen LogP contribution in [0.4, 0.5) is 0 Å². The lowest BCUT2D eigenvalue weighted by Gasteiger charge is -2.19. The largest absolute Gasteiger partial charge is 0.383 e. The molecule has 2 heterocycles. The van der Waals surface area contributed by atoms with Crippen LogP contribution in [0.2, 0.25) is 0 Å². The molecule has 1 aromatic carbocycles. The van der Waals surface area contributed by atoms with Crippen molar-refractivity contribution in [3.63, 3.8) is 0 Å². The minimum absolute atomic E-state index is 0.0754. The van der Waals surface area contributed by atoms with Gasteiger partial charge in [0.1, 0.15) is 6.10 Å². The minimum Gasteiger partial charge on any atom is -0.383 e. The molecule has 0 saturated carbocycles. The standard InChI is InChI=1S/C19H27N3O2/c1-14-4-5-15(2)16(10-14)11-20-18-6-8-24-19(18)17-12-21-22(13-17)7-9-23-3/h4-5,10,12-13,18-20H,6-9,11H2,1-3H3/t18-,19+/m0/s1. The van der Waals surface area contributed by atoms with E-state index in [2.05, 4.69) is 48.7 Å². The lowest BCUT2D eigenvalue weighted by Crippen LogP contribution is -2.31. The van der Waals surface area contributed by atoms with Crippen LogP contribution in [-0.2, 0) is 22.6 Å². The molecule has 0 amide bonds. The van der Waals surface area contributed by atoms with Crippen LogP contribution < -0.4 is 5.32 Å². The summed E-state index contributed by atoms with van der Waals surface area (Å²) in [6.07, 6.45) is 5.09. The molecular formula is C19H27N3O2. The number of aromatic nitrogens is 2. The number of hydrogen-bond donors (Lipinski definition) is 1. The van der Waals surface area contributed by atoms with Crippen LogP contribution in [0, 0.1) is 13.8 Å². The maximum Gasteiger partial charge on any atom is 0.101 e. The second kappa shape index (κ2) is 7.92. The predicted octanol–water partition coefficient (Wildman–Crippen LogP) is 2.77. The molecule has 0 spiro atoms. The molecule has 2 atom stereocenters. The van der Waals surface area contributed by atoms with Crippen LogP contribution in [0.5, 0.6) is 0 Å². The van der Waals surface area contributed by atoms with Gasteiger partial charge in [-0.05, 0) is 31.4 Å². The summed E-state index contributed by atoms with van der Waals surface area (Å²) in [6, 6.07) is 6.93. The van der Waals surface area contributed by atoms with Crippen molar-refractivity contribution in [3.8, 4) is 0 Å². The molecule has 0 bridgehead atoms. The van der Waals surface area contributed by atoms with Crippen molar-refractivity contribution in [2.45, 2.75) is 45.5 Å². The fourth-order valence-corrected chi connectivity index (χ4v) is 3.19. The van der Waals surface area contributed by atoms with Crippen LogP contribution in [0.3, 0.4) is 0 Å². The molecule has 2 aromatic rings. The third-order valence-electron chi connectivity index (χ3n) is 4.66. The number of hydrogen-bond acceptors (Lipinski definition) is 4. The van der Waals surface area contributed by atoms with E-state index in [1.807, 2.05) is 10.9 Å². The van der Waals surface area contributed by atoms with Gasteiger partial charge in [-0.3, -0.25) is 4.68 Å². The number of rotatable bonds is 7. The van der Waals surface area contributed by atoms with E-state index in [0.29, 0.717) is 12.6 Å². The lowest BCUT2D eigenvalue weighted by molar-refractivity contribution is 0.0983. The van der Waals surface area contributed by atoms with Crippen LogP contribution >= 0.6 is 0 Å². The fraction of sp³-hybridized carbons (Fsp3) is 0.526. The minimum atomic E-state index is 0.0754. The molecule has 24 heavy (non-hydrogen) atoms. The van der Waals surface area contributed by atoms with Gasteiger partial charge in [0.05, 0.1) is 19.3 Å². The van der Waals surface area contributed by atoms with Crippen molar-refractivity contribution in [1.29, 1.82) is 0 Å². The van der Waals surface area contributed by atoms with Crippen molar-refractivity contribution in [2.24, 2.45) is 0 Å². The highest BCUT2D eigenvalue weighted by Crippen LogP contribution is 2.29. The Labute approximate surface area is 144 Å². The van der Waals surface area contributed by atoms with Crippen molar-refractivity contribution in [1.82, 2.24) is 15.1 Å². The summed E-state index contributed by atoms with van der Waals surface area (Å²) >= 11 is 0. The topological polar surface area (TPSA) is 48.3 Å². The third kappa shape index (κ3) is 4.04. The Hall–Kier alpha value is -1.69. The van der Waals surface area contributed by atoms with Gasteiger partial charge in [-0.1, -0.05) is 23.8 Å². The van der Waals surface area contributed by atoms with Crippen LogP contribution in [0.1, 0.15) is 34.8 Å². The average Bonchev–Trinajstić information content (AvgIpc) is 3.22. The molecule has 0 unspecified atom stereocenters. The molecule has 1 aliphatic heterocycles. The Balaban J connectivity index is 1.63. The van der Waals surface area contributed by atoms with Crippen LogP contribution in [-0.4, -0.2) is 36.1 Å².